The van der Waals surface area contributed by atoms with Crippen molar-refractivity contribution in [1.82, 2.24) is 20.0 Å². The van der Waals surface area contributed by atoms with Gasteiger partial charge < -0.3 is 9.73 Å². The molecule has 3 heterocycles. The van der Waals surface area contributed by atoms with E-state index in [1.165, 1.54) is 31.5 Å². The van der Waals surface area contributed by atoms with Crippen LogP contribution in [-0.4, -0.2) is 34.3 Å². The number of likely N-dealkylation sites (tertiary alicyclic amines) is 1. The van der Waals surface area contributed by atoms with Crippen molar-refractivity contribution in [2.45, 2.75) is 25.4 Å². The molecule has 0 aliphatic carbocycles. The fourth-order valence-electron chi connectivity index (χ4n) is 2.86. The van der Waals surface area contributed by atoms with Gasteiger partial charge in [0.1, 0.15) is 5.76 Å². The van der Waals surface area contributed by atoms with Crippen molar-refractivity contribution in [3.63, 3.8) is 0 Å². The molecule has 2 aromatic heterocycles. The Balaban J connectivity index is 1.58. The fraction of sp³-hybridized carbons (Fsp3) is 0.533. The van der Waals surface area contributed by atoms with Crippen LogP contribution < -0.4 is 5.32 Å². The summed E-state index contributed by atoms with van der Waals surface area (Å²) in [6, 6.07) is 4.39. The molecule has 1 N–H and O–H groups in total. The zero-order valence-electron chi connectivity index (χ0n) is 12.0. The standard InChI is InChI=1S/C15H22N4O/c1-18-12-13(10-17-18)9-16-11-14(15-5-4-8-20-15)19-6-2-3-7-19/h4-5,8,10,12,14,16H,2-3,6-7,9,11H2,1H3. The van der Waals surface area contributed by atoms with Gasteiger partial charge in [-0.15, -0.1) is 0 Å². The summed E-state index contributed by atoms with van der Waals surface area (Å²) in [6.07, 6.45) is 8.30. The minimum Gasteiger partial charge on any atom is -0.468 e. The third kappa shape index (κ3) is 3.11. The number of hydrogen-bond donors (Lipinski definition) is 1. The van der Waals surface area contributed by atoms with Crippen molar-refractivity contribution in [1.29, 1.82) is 0 Å². The second-order valence-corrected chi connectivity index (χ2v) is 5.43. The van der Waals surface area contributed by atoms with Crippen molar-refractivity contribution in [3.05, 3.63) is 42.1 Å². The summed E-state index contributed by atoms with van der Waals surface area (Å²) >= 11 is 0. The highest BCUT2D eigenvalue weighted by atomic mass is 16.3. The van der Waals surface area contributed by atoms with Gasteiger partial charge in [-0.1, -0.05) is 0 Å². The first-order chi connectivity index (χ1) is 9.83. The zero-order valence-corrected chi connectivity index (χ0v) is 12.0. The molecule has 0 spiro atoms. The molecule has 3 rings (SSSR count). The molecule has 1 saturated heterocycles. The summed E-state index contributed by atoms with van der Waals surface area (Å²) < 4.78 is 7.45. The van der Waals surface area contributed by atoms with Crippen LogP contribution >= 0.6 is 0 Å². The van der Waals surface area contributed by atoms with Gasteiger partial charge in [0.15, 0.2) is 0 Å². The van der Waals surface area contributed by atoms with Gasteiger partial charge in [0.05, 0.1) is 18.5 Å². The lowest BCUT2D eigenvalue weighted by Crippen LogP contribution is -2.33. The normalized spacial score (nSPS) is 17.6. The number of nitrogens with zero attached hydrogens (tertiary/aromatic N) is 3. The highest BCUT2D eigenvalue weighted by molar-refractivity contribution is 5.07. The highest BCUT2D eigenvalue weighted by Gasteiger charge is 2.24. The Morgan fingerprint density at radius 2 is 2.25 bits per heavy atom. The first-order valence-electron chi connectivity index (χ1n) is 7.28. The summed E-state index contributed by atoms with van der Waals surface area (Å²) in [5.41, 5.74) is 1.21. The molecule has 5 heteroatoms. The Bertz CT molecular complexity index is 514. The second-order valence-electron chi connectivity index (χ2n) is 5.43. The Hall–Kier alpha value is -1.59. The number of hydrogen-bond acceptors (Lipinski definition) is 4. The largest absolute Gasteiger partial charge is 0.468 e. The fourth-order valence-corrected chi connectivity index (χ4v) is 2.86. The van der Waals surface area contributed by atoms with Crippen LogP contribution in [0.4, 0.5) is 0 Å². The number of aromatic nitrogens is 2. The molecule has 20 heavy (non-hydrogen) atoms. The number of nitrogens with one attached hydrogen (secondary N) is 1. The molecular weight excluding hydrogens is 252 g/mol. The molecule has 1 atom stereocenters. The van der Waals surface area contributed by atoms with E-state index >= 15 is 0 Å². The van der Waals surface area contributed by atoms with Crippen LogP contribution in [0.25, 0.3) is 0 Å². The number of rotatable bonds is 6. The predicted molar refractivity (Wildman–Crippen MR) is 77.2 cm³/mol. The summed E-state index contributed by atoms with van der Waals surface area (Å²) in [5, 5.41) is 7.71. The molecule has 1 aliphatic rings. The van der Waals surface area contributed by atoms with Crippen molar-refractivity contribution >= 4 is 0 Å². The van der Waals surface area contributed by atoms with Crippen LogP contribution in [-0.2, 0) is 13.6 Å². The summed E-state index contributed by atoms with van der Waals surface area (Å²) in [6.45, 7) is 4.08. The third-order valence-electron chi connectivity index (χ3n) is 3.88. The van der Waals surface area contributed by atoms with E-state index in [0.717, 1.165) is 18.8 Å². The van der Waals surface area contributed by atoms with Crippen LogP contribution in [0.5, 0.6) is 0 Å². The molecule has 108 valence electrons. The second kappa shape index (κ2) is 6.24. The van der Waals surface area contributed by atoms with Gasteiger partial charge in [-0.25, -0.2) is 0 Å². The molecule has 0 amide bonds. The molecule has 0 saturated carbocycles. The van der Waals surface area contributed by atoms with E-state index in [0.29, 0.717) is 6.04 Å². The van der Waals surface area contributed by atoms with E-state index in [2.05, 4.69) is 21.4 Å². The van der Waals surface area contributed by atoms with Crippen molar-refractivity contribution in [3.8, 4) is 0 Å². The number of aryl methyl sites for hydroxylation is 1. The van der Waals surface area contributed by atoms with E-state index < -0.39 is 0 Å². The molecule has 0 radical (unpaired) electrons. The highest BCUT2D eigenvalue weighted by Crippen LogP contribution is 2.24. The minimum absolute atomic E-state index is 0.337. The first-order valence-corrected chi connectivity index (χ1v) is 7.28. The van der Waals surface area contributed by atoms with E-state index in [1.54, 1.807) is 6.26 Å². The SMILES string of the molecule is Cn1cc(CNCC(c2ccco2)N2CCCC2)cn1. The molecule has 5 nitrogen and oxygen atoms in total. The Morgan fingerprint density at radius 3 is 2.90 bits per heavy atom. The van der Waals surface area contributed by atoms with Gasteiger partial charge in [0.2, 0.25) is 0 Å². The van der Waals surface area contributed by atoms with E-state index in [-0.39, 0.29) is 0 Å². The molecule has 0 aromatic carbocycles. The van der Waals surface area contributed by atoms with E-state index in [4.69, 9.17) is 4.42 Å². The Kier molecular flexibility index (Phi) is 4.18. The minimum atomic E-state index is 0.337. The summed E-state index contributed by atoms with van der Waals surface area (Å²) in [5.74, 6) is 1.06. The lowest BCUT2D eigenvalue weighted by molar-refractivity contribution is 0.209. The predicted octanol–water partition coefficient (Wildman–Crippen LogP) is 1.94. The van der Waals surface area contributed by atoms with Crippen molar-refractivity contribution in [2.75, 3.05) is 19.6 Å². The molecule has 1 aliphatic heterocycles. The Labute approximate surface area is 119 Å². The van der Waals surface area contributed by atoms with Crippen LogP contribution in [0, 0.1) is 0 Å². The maximum atomic E-state index is 5.62. The van der Waals surface area contributed by atoms with Gasteiger partial charge in [-0.3, -0.25) is 9.58 Å². The van der Waals surface area contributed by atoms with Crippen LogP contribution in [0.2, 0.25) is 0 Å². The topological polar surface area (TPSA) is 46.2 Å². The van der Waals surface area contributed by atoms with Crippen LogP contribution in [0.1, 0.15) is 30.2 Å². The maximum Gasteiger partial charge on any atom is 0.122 e. The van der Waals surface area contributed by atoms with Gasteiger partial charge in [0.25, 0.3) is 0 Å². The first kappa shape index (κ1) is 13.4. The van der Waals surface area contributed by atoms with Crippen LogP contribution in [0.3, 0.4) is 0 Å². The van der Waals surface area contributed by atoms with Crippen molar-refractivity contribution in [2.24, 2.45) is 7.05 Å². The quantitative estimate of drug-likeness (QED) is 0.874. The lowest BCUT2D eigenvalue weighted by Gasteiger charge is -2.26. The van der Waals surface area contributed by atoms with Crippen LogP contribution in [0.15, 0.2) is 35.2 Å². The molecule has 1 fully saturated rings. The van der Waals surface area contributed by atoms with Gasteiger partial charge in [0, 0.05) is 31.9 Å². The average Bonchev–Trinajstić information content (AvgIpc) is 3.18. The smallest absolute Gasteiger partial charge is 0.122 e. The average molecular weight is 274 g/mol. The third-order valence-corrected chi connectivity index (χ3v) is 3.88. The zero-order chi connectivity index (χ0) is 13.8. The Morgan fingerprint density at radius 1 is 1.40 bits per heavy atom. The molecular formula is C15H22N4O. The van der Waals surface area contributed by atoms with Gasteiger partial charge in [-0.2, -0.15) is 5.10 Å². The summed E-state index contributed by atoms with van der Waals surface area (Å²) in [4.78, 5) is 2.51. The monoisotopic (exact) mass is 274 g/mol. The van der Waals surface area contributed by atoms with Gasteiger partial charge >= 0.3 is 0 Å². The molecule has 0 bridgehead atoms. The lowest BCUT2D eigenvalue weighted by atomic mass is 10.2. The van der Waals surface area contributed by atoms with Crippen molar-refractivity contribution < 1.29 is 4.42 Å². The number of furan rings is 1. The van der Waals surface area contributed by atoms with Gasteiger partial charge in [-0.05, 0) is 38.1 Å². The summed E-state index contributed by atoms with van der Waals surface area (Å²) in [7, 11) is 1.94. The maximum absolute atomic E-state index is 5.62. The molecule has 2 aromatic rings. The molecule has 1 unspecified atom stereocenters. The van der Waals surface area contributed by atoms with E-state index in [9.17, 15) is 0 Å². The van der Waals surface area contributed by atoms with E-state index in [1.807, 2.05) is 30.2 Å².